The van der Waals surface area contributed by atoms with Gasteiger partial charge in [0.15, 0.2) is 11.3 Å². The smallest absolute Gasteiger partial charge is 0.225 e. The molecule has 7 N–H and O–H groups in total. The molecule has 9 nitrogen and oxygen atoms in total. The third kappa shape index (κ3) is 4.61. The van der Waals surface area contributed by atoms with Crippen LogP contribution in [-0.2, 0) is 6.54 Å². The predicted octanol–water partition coefficient (Wildman–Crippen LogP) is 2.18. The van der Waals surface area contributed by atoms with Crippen LogP contribution < -0.4 is 16.4 Å². The summed E-state index contributed by atoms with van der Waals surface area (Å²) in [5.41, 5.74) is 8.45. The minimum atomic E-state index is -0.695. The topological polar surface area (TPSA) is 145 Å². The summed E-state index contributed by atoms with van der Waals surface area (Å²) >= 11 is 6.00. The Kier molecular flexibility index (Phi) is 6.18. The molecule has 1 atom stereocenters. The van der Waals surface area contributed by atoms with E-state index in [0.29, 0.717) is 34.4 Å². The molecule has 10 heteroatoms. The van der Waals surface area contributed by atoms with Crippen LogP contribution in [0, 0.1) is 0 Å². The quantitative estimate of drug-likeness (QED) is 0.334. The minimum absolute atomic E-state index is 0.0946. The maximum Gasteiger partial charge on any atom is 0.225 e. The van der Waals surface area contributed by atoms with Crippen LogP contribution in [0.2, 0.25) is 5.02 Å². The molecule has 0 spiro atoms. The molecule has 0 aliphatic rings. The lowest BCUT2D eigenvalue weighted by Gasteiger charge is -2.12. The molecule has 28 heavy (non-hydrogen) atoms. The van der Waals surface area contributed by atoms with Crippen LogP contribution in [0.4, 0.5) is 11.8 Å². The number of nitrogens with two attached hydrogens (primary N) is 1. The number of aliphatic hydroxyl groups excluding tert-OH is 1. The maximum atomic E-state index is 9.72. The van der Waals surface area contributed by atoms with E-state index in [2.05, 4.69) is 30.8 Å². The SMILES string of the molecule is CC(C)c1[nH]nc2c(NCc3cc(O)cc(Cl)c3)nc(NCC(O)CN)nc12. The highest BCUT2D eigenvalue weighted by Gasteiger charge is 2.17. The number of hydrogen-bond donors (Lipinski definition) is 6. The number of benzene rings is 1. The van der Waals surface area contributed by atoms with Crippen LogP contribution >= 0.6 is 11.6 Å². The molecule has 0 amide bonds. The summed E-state index contributed by atoms with van der Waals surface area (Å²) in [6.07, 6.45) is -0.695. The molecule has 0 saturated carbocycles. The first-order valence-corrected chi connectivity index (χ1v) is 9.35. The summed E-state index contributed by atoms with van der Waals surface area (Å²) in [6.45, 7) is 4.85. The fraction of sp³-hybridized carbons (Fsp3) is 0.389. The number of aromatic amines is 1. The van der Waals surface area contributed by atoms with Crippen molar-refractivity contribution in [2.24, 2.45) is 5.73 Å². The fourth-order valence-corrected chi connectivity index (χ4v) is 2.99. The zero-order chi connectivity index (χ0) is 20.3. The van der Waals surface area contributed by atoms with E-state index in [1.165, 1.54) is 6.07 Å². The van der Waals surface area contributed by atoms with E-state index in [1.807, 2.05) is 13.8 Å². The van der Waals surface area contributed by atoms with Crippen molar-refractivity contribution in [2.75, 3.05) is 23.7 Å². The van der Waals surface area contributed by atoms with E-state index in [1.54, 1.807) is 12.1 Å². The van der Waals surface area contributed by atoms with Gasteiger partial charge in [0.05, 0.1) is 11.8 Å². The number of hydrogen-bond acceptors (Lipinski definition) is 8. The van der Waals surface area contributed by atoms with Gasteiger partial charge < -0.3 is 26.6 Å². The second-order valence-corrected chi connectivity index (χ2v) is 7.26. The average Bonchev–Trinajstić information content (AvgIpc) is 3.07. The predicted molar refractivity (Wildman–Crippen MR) is 110 cm³/mol. The van der Waals surface area contributed by atoms with Gasteiger partial charge in [-0.05, 0) is 29.7 Å². The standard InChI is InChI=1S/C18H24ClN7O2/c1-9(2)14-15-16(26-25-14)17(24-18(23-15)22-8-13(28)6-20)21-7-10-3-11(19)5-12(27)4-10/h3-5,9,13,27-28H,6-8,20H2,1-2H3,(H,25,26)(H2,21,22,23,24). The summed E-state index contributed by atoms with van der Waals surface area (Å²) in [4.78, 5) is 9.01. The molecular weight excluding hydrogens is 382 g/mol. The van der Waals surface area contributed by atoms with Crippen LogP contribution in [0.1, 0.15) is 31.0 Å². The van der Waals surface area contributed by atoms with E-state index >= 15 is 0 Å². The molecule has 2 heterocycles. The number of rotatable bonds is 8. The zero-order valence-corrected chi connectivity index (χ0v) is 16.5. The average molecular weight is 406 g/mol. The van der Waals surface area contributed by atoms with Crippen LogP contribution in [0.3, 0.4) is 0 Å². The lowest BCUT2D eigenvalue weighted by Crippen LogP contribution is -2.28. The van der Waals surface area contributed by atoms with Crippen molar-refractivity contribution in [3.63, 3.8) is 0 Å². The van der Waals surface area contributed by atoms with Crippen molar-refractivity contribution in [2.45, 2.75) is 32.4 Å². The number of nitrogens with zero attached hydrogens (tertiary/aromatic N) is 3. The van der Waals surface area contributed by atoms with Crippen molar-refractivity contribution < 1.29 is 10.2 Å². The van der Waals surface area contributed by atoms with Gasteiger partial charge in [-0.25, -0.2) is 4.98 Å². The second kappa shape index (κ2) is 8.59. The van der Waals surface area contributed by atoms with Crippen LogP contribution in [0.5, 0.6) is 5.75 Å². The number of aromatic nitrogens is 4. The summed E-state index contributed by atoms with van der Waals surface area (Å²) in [5.74, 6) is 1.18. The molecule has 1 unspecified atom stereocenters. The third-order valence-electron chi connectivity index (χ3n) is 4.17. The van der Waals surface area contributed by atoms with E-state index < -0.39 is 6.10 Å². The first-order chi connectivity index (χ1) is 13.4. The third-order valence-corrected chi connectivity index (χ3v) is 4.39. The lowest BCUT2D eigenvalue weighted by atomic mass is 10.1. The summed E-state index contributed by atoms with van der Waals surface area (Å²) in [5, 5.41) is 33.5. The first-order valence-electron chi connectivity index (χ1n) is 8.97. The van der Waals surface area contributed by atoms with Gasteiger partial charge in [0.25, 0.3) is 0 Å². The number of phenolic OH excluding ortho intramolecular Hbond substituents is 1. The molecule has 150 valence electrons. The number of H-pyrrole nitrogens is 1. The molecular formula is C18H24ClN7O2. The van der Waals surface area contributed by atoms with Gasteiger partial charge in [-0.2, -0.15) is 10.1 Å². The van der Waals surface area contributed by atoms with E-state index in [-0.39, 0.29) is 24.8 Å². The second-order valence-electron chi connectivity index (χ2n) is 6.83. The van der Waals surface area contributed by atoms with Gasteiger partial charge in [0, 0.05) is 24.7 Å². The molecule has 0 bridgehead atoms. The van der Waals surface area contributed by atoms with Gasteiger partial charge in [0.2, 0.25) is 5.95 Å². The van der Waals surface area contributed by atoms with E-state index in [9.17, 15) is 10.2 Å². The first kappa shape index (κ1) is 20.1. The number of aliphatic hydroxyl groups is 1. The summed E-state index contributed by atoms with van der Waals surface area (Å²) in [6, 6.07) is 4.85. The Morgan fingerprint density at radius 2 is 1.96 bits per heavy atom. The normalized spacial score (nSPS) is 12.5. The summed E-state index contributed by atoms with van der Waals surface area (Å²) < 4.78 is 0. The molecule has 1 aromatic carbocycles. The Morgan fingerprint density at radius 3 is 2.64 bits per heavy atom. The van der Waals surface area contributed by atoms with Crippen LogP contribution in [-0.4, -0.2) is 49.6 Å². The van der Waals surface area contributed by atoms with Crippen molar-refractivity contribution >= 4 is 34.4 Å². The monoisotopic (exact) mass is 405 g/mol. The van der Waals surface area contributed by atoms with Crippen molar-refractivity contribution in [3.8, 4) is 5.75 Å². The highest BCUT2D eigenvalue weighted by atomic mass is 35.5. The largest absolute Gasteiger partial charge is 0.508 e. The molecule has 0 radical (unpaired) electrons. The molecule has 3 rings (SSSR count). The van der Waals surface area contributed by atoms with Crippen molar-refractivity contribution in [1.29, 1.82) is 0 Å². The Morgan fingerprint density at radius 1 is 1.18 bits per heavy atom. The number of anilines is 2. The van der Waals surface area contributed by atoms with Crippen LogP contribution in [0.25, 0.3) is 11.0 Å². The number of phenols is 1. The van der Waals surface area contributed by atoms with E-state index in [0.717, 1.165) is 11.3 Å². The highest BCUT2D eigenvalue weighted by Crippen LogP contribution is 2.27. The van der Waals surface area contributed by atoms with Crippen LogP contribution in [0.15, 0.2) is 18.2 Å². The highest BCUT2D eigenvalue weighted by molar-refractivity contribution is 6.30. The number of nitrogens with one attached hydrogen (secondary N) is 3. The molecule has 2 aromatic heterocycles. The number of aromatic hydroxyl groups is 1. The van der Waals surface area contributed by atoms with Gasteiger partial charge in [-0.1, -0.05) is 25.4 Å². The molecule has 0 aliphatic heterocycles. The van der Waals surface area contributed by atoms with Crippen molar-refractivity contribution in [3.05, 3.63) is 34.5 Å². The number of fused-ring (bicyclic) bond motifs is 1. The molecule has 3 aromatic rings. The zero-order valence-electron chi connectivity index (χ0n) is 15.7. The van der Waals surface area contributed by atoms with Gasteiger partial charge in [-0.3, -0.25) is 5.10 Å². The van der Waals surface area contributed by atoms with Gasteiger partial charge >= 0.3 is 0 Å². The van der Waals surface area contributed by atoms with Crippen molar-refractivity contribution in [1.82, 2.24) is 20.2 Å². The maximum absolute atomic E-state index is 9.72. The number of halogens is 1. The molecule has 0 fully saturated rings. The van der Waals surface area contributed by atoms with E-state index in [4.69, 9.17) is 17.3 Å². The minimum Gasteiger partial charge on any atom is -0.508 e. The molecule has 0 saturated heterocycles. The lowest BCUT2D eigenvalue weighted by molar-refractivity contribution is 0.196. The van der Waals surface area contributed by atoms with Gasteiger partial charge in [0.1, 0.15) is 11.3 Å². The molecule has 0 aliphatic carbocycles. The Labute approximate surface area is 167 Å². The Bertz CT molecular complexity index is 940. The van der Waals surface area contributed by atoms with Gasteiger partial charge in [-0.15, -0.1) is 0 Å². The Balaban J connectivity index is 1.92. The Hall–Kier alpha value is -2.62. The fourth-order valence-electron chi connectivity index (χ4n) is 2.74. The summed E-state index contributed by atoms with van der Waals surface area (Å²) in [7, 11) is 0.